The highest BCUT2D eigenvalue weighted by Gasteiger charge is 2.49. The number of aliphatic hydroxyl groups excluding tert-OH is 1. The van der Waals surface area contributed by atoms with Crippen LogP contribution in [0.3, 0.4) is 0 Å². The van der Waals surface area contributed by atoms with Gasteiger partial charge < -0.3 is 25.4 Å². The van der Waals surface area contributed by atoms with Gasteiger partial charge in [0.2, 0.25) is 11.8 Å². The van der Waals surface area contributed by atoms with Gasteiger partial charge in [0.25, 0.3) is 0 Å². The summed E-state index contributed by atoms with van der Waals surface area (Å²) in [7, 11) is 1.26. The topological polar surface area (TPSA) is 152 Å². The highest BCUT2D eigenvalue weighted by molar-refractivity contribution is 7.13. The van der Waals surface area contributed by atoms with E-state index in [9.17, 15) is 19.5 Å². The molecule has 0 spiro atoms. The number of aryl methyl sites for hydroxylation is 1. The Morgan fingerprint density at radius 3 is 2.60 bits per heavy atom. The van der Waals surface area contributed by atoms with Crippen LogP contribution in [0.5, 0.6) is 0 Å². The molecule has 3 N–H and O–H groups in total. The first-order chi connectivity index (χ1) is 20.6. The minimum Gasteiger partial charge on any atom is -0.467 e. The van der Waals surface area contributed by atoms with E-state index < -0.39 is 41.5 Å². The summed E-state index contributed by atoms with van der Waals surface area (Å²) in [5.41, 5.74) is 5.45. The summed E-state index contributed by atoms with van der Waals surface area (Å²) in [5.74, 6) is -1.12. The zero-order valence-electron chi connectivity index (χ0n) is 24.7. The number of likely N-dealkylation sites (tertiary alicyclic amines) is 1. The maximum Gasteiger partial charge on any atom is 0.333 e. The van der Waals surface area contributed by atoms with E-state index in [0.717, 1.165) is 40.4 Å². The number of aliphatic hydroxyl groups is 1. The second-order valence-corrected chi connectivity index (χ2v) is 13.2. The number of rotatable bonds is 7. The molecular weight excluding hydrogens is 570 g/mol. The Labute approximate surface area is 253 Å². The fourth-order valence-corrected chi connectivity index (χ4v) is 7.06. The molecule has 1 saturated carbocycles. The molecule has 4 atom stereocenters. The van der Waals surface area contributed by atoms with Crippen LogP contribution in [-0.2, 0) is 25.7 Å². The van der Waals surface area contributed by atoms with Gasteiger partial charge in [0, 0.05) is 37.4 Å². The summed E-state index contributed by atoms with van der Waals surface area (Å²) in [6, 6.07) is 4.50. The quantitative estimate of drug-likeness (QED) is 0.344. The Morgan fingerprint density at radius 1 is 1.21 bits per heavy atom. The van der Waals surface area contributed by atoms with Crippen LogP contribution in [0.25, 0.3) is 10.4 Å². The number of aromatic nitrogens is 4. The predicted octanol–water partition coefficient (Wildman–Crippen LogP) is 2.25. The van der Waals surface area contributed by atoms with Gasteiger partial charge in [-0.1, -0.05) is 43.3 Å². The Kier molecular flexibility index (Phi) is 7.82. The summed E-state index contributed by atoms with van der Waals surface area (Å²) in [4.78, 5) is 47.8. The standard InChI is InChI=1S/C30H37N7O5S/c1-16-25(43-15-32-16)19-9-7-18(8-10-19)24(29(41)42-4)33-27(39)21-11-20(38)13-36(21)28(40)26-30(2,3)14-31-12-22-23(17-5-6-17)34-35-37(22)26/h7-10,15,17,20-21,24,26,31,38H,5-6,11-14H2,1-4H3,(H,33,39)/t20-,21+,24-,26-/m1/s1. The van der Waals surface area contributed by atoms with E-state index in [1.165, 1.54) is 23.3 Å². The lowest BCUT2D eigenvalue weighted by Gasteiger charge is -2.36. The van der Waals surface area contributed by atoms with Crippen LogP contribution in [0.1, 0.15) is 73.8 Å². The third-order valence-corrected chi connectivity index (χ3v) is 9.69. The van der Waals surface area contributed by atoms with Gasteiger partial charge in [-0.25, -0.2) is 14.5 Å². The lowest BCUT2D eigenvalue weighted by atomic mass is 9.83. The summed E-state index contributed by atoms with van der Waals surface area (Å²) in [5, 5.41) is 25.8. The molecule has 228 valence electrons. The van der Waals surface area contributed by atoms with E-state index in [2.05, 4.69) is 25.9 Å². The van der Waals surface area contributed by atoms with Crippen molar-refractivity contribution in [2.75, 3.05) is 20.2 Å². The number of carbonyl (C=O) groups is 3. The van der Waals surface area contributed by atoms with Crippen molar-refractivity contribution in [3.05, 3.63) is 52.4 Å². The number of hydrogen-bond acceptors (Lipinski definition) is 10. The fourth-order valence-electron chi connectivity index (χ4n) is 6.25. The maximum absolute atomic E-state index is 14.3. The molecule has 2 aromatic heterocycles. The molecule has 2 fully saturated rings. The minimum absolute atomic E-state index is 0.00221. The first-order valence-electron chi connectivity index (χ1n) is 14.6. The molecule has 3 aliphatic rings. The first kappa shape index (κ1) is 29.4. The van der Waals surface area contributed by atoms with Crippen molar-refractivity contribution in [1.29, 1.82) is 0 Å². The normalized spacial score (nSPS) is 23.7. The monoisotopic (exact) mass is 607 g/mol. The molecule has 13 heteroatoms. The summed E-state index contributed by atoms with van der Waals surface area (Å²) < 4.78 is 6.75. The second kappa shape index (κ2) is 11.4. The van der Waals surface area contributed by atoms with Gasteiger partial charge >= 0.3 is 5.97 Å². The molecule has 1 aromatic carbocycles. The number of hydrogen-bond donors (Lipinski definition) is 3. The number of thiazole rings is 1. The third-order valence-electron chi connectivity index (χ3n) is 8.72. The predicted molar refractivity (Wildman–Crippen MR) is 158 cm³/mol. The van der Waals surface area contributed by atoms with Gasteiger partial charge in [0.15, 0.2) is 6.04 Å². The molecule has 12 nitrogen and oxygen atoms in total. The fraction of sp³-hybridized carbons (Fsp3) is 0.533. The highest BCUT2D eigenvalue weighted by Crippen LogP contribution is 2.43. The second-order valence-electron chi connectivity index (χ2n) is 12.4. The molecule has 1 saturated heterocycles. The van der Waals surface area contributed by atoms with E-state index in [1.807, 2.05) is 32.9 Å². The zero-order valence-corrected chi connectivity index (χ0v) is 25.6. The van der Waals surface area contributed by atoms with Crippen LogP contribution in [0.2, 0.25) is 0 Å². The molecular formula is C30H37N7O5S. The number of fused-ring (bicyclic) bond motifs is 1. The Bertz CT molecular complexity index is 1530. The Morgan fingerprint density at radius 2 is 1.95 bits per heavy atom. The zero-order chi connectivity index (χ0) is 30.5. The van der Waals surface area contributed by atoms with Crippen LogP contribution in [0, 0.1) is 12.3 Å². The highest BCUT2D eigenvalue weighted by atomic mass is 32.1. The van der Waals surface area contributed by atoms with Gasteiger partial charge in [-0.2, -0.15) is 0 Å². The van der Waals surface area contributed by atoms with Gasteiger partial charge in [0.1, 0.15) is 12.1 Å². The van der Waals surface area contributed by atoms with Gasteiger partial charge in [0.05, 0.1) is 40.7 Å². The molecule has 0 bridgehead atoms. The van der Waals surface area contributed by atoms with Crippen molar-refractivity contribution in [2.45, 2.75) is 76.7 Å². The van der Waals surface area contributed by atoms with Crippen molar-refractivity contribution in [1.82, 2.24) is 35.5 Å². The summed E-state index contributed by atoms with van der Waals surface area (Å²) >= 11 is 1.52. The van der Waals surface area contributed by atoms with Crippen LogP contribution >= 0.6 is 11.3 Å². The number of carbonyl (C=O) groups excluding carboxylic acids is 3. The summed E-state index contributed by atoms with van der Waals surface area (Å²) in [6.07, 6.45) is 1.28. The number of nitrogens with zero attached hydrogens (tertiary/aromatic N) is 5. The molecule has 3 aromatic rings. The number of nitrogens with one attached hydrogen (secondary N) is 2. The van der Waals surface area contributed by atoms with E-state index in [4.69, 9.17) is 4.74 Å². The van der Waals surface area contributed by atoms with Crippen LogP contribution in [0.4, 0.5) is 0 Å². The SMILES string of the molecule is COC(=O)[C@H](NC(=O)[C@@H]1C[C@@H](O)CN1C(=O)[C@H]1n2nnc(C3CC3)c2CNCC1(C)C)c1ccc(-c2scnc2C)cc1. The Hall–Kier alpha value is -3.68. The molecule has 0 unspecified atom stereocenters. The number of amides is 2. The average molecular weight is 608 g/mol. The number of β-amino-alcohol motifs (C(OH)–C–C–N with tert-alkyl or cyclic N) is 1. The van der Waals surface area contributed by atoms with Gasteiger partial charge in [-0.05, 0) is 30.9 Å². The Balaban J connectivity index is 1.26. The first-order valence-corrected chi connectivity index (χ1v) is 15.5. The molecule has 6 rings (SSSR count). The lowest BCUT2D eigenvalue weighted by molar-refractivity contribution is -0.147. The van der Waals surface area contributed by atoms with Crippen molar-refractivity contribution in [3.8, 4) is 10.4 Å². The van der Waals surface area contributed by atoms with Crippen LogP contribution in [0.15, 0.2) is 29.8 Å². The largest absolute Gasteiger partial charge is 0.467 e. The molecule has 1 aliphatic carbocycles. The van der Waals surface area contributed by atoms with E-state index in [-0.39, 0.29) is 18.9 Å². The maximum atomic E-state index is 14.3. The van der Waals surface area contributed by atoms with E-state index in [0.29, 0.717) is 24.6 Å². The molecule has 4 heterocycles. The van der Waals surface area contributed by atoms with Crippen molar-refractivity contribution < 1.29 is 24.2 Å². The van der Waals surface area contributed by atoms with E-state index in [1.54, 1.807) is 22.3 Å². The van der Waals surface area contributed by atoms with Crippen molar-refractivity contribution in [3.63, 3.8) is 0 Å². The van der Waals surface area contributed by atoms with Crippen LogP contribution in [-0.4, -0.2) is 80.1 Å². The average Bonchev–Trinajstić information content (AvgIpc) is 3.46. The van der Waals surface area contributed by atoms with Gasteiger partial charge in [-0.3, -0.25) is 9.59 Å². The number of benzene rings is 1. The lowest BCUT2D eigenvalue weighted by Crippen LogP contribution is -2.52. The molecule has 43 heavy (non-hydrogen) atoms. The summed E-state index contributed by atoms with van der Waals surface area (Å²) in [6.45, 7) is 7.03. The van der Waals surface area contributed by atoms with Crippen molar-refractivity contribution >= 4 is 29.1 Å². The molecule has 2 aliphatic heterocycles. The van der Waals surface area contributed by atoms with Gasteiger partial charge in [-0.15, -0.1) is 16.4 Å². The van der Waals surface area contributed by atoms with Crippen LogP contribution < -0.4 is 10.6 Å². The minimum atomic E-state index is -1.09. The number of ether oxygens (including phenoxy) is 1. The van der Waals surface area contributed by atoms with Crippen molar-refractivity contribution in [2.24, 2.45) is 5.41 Å². The molecule has 2 amide bonds. The smallest absolute Gasteiger partial charge is 0.333 e. The molecule has 0 radical (unpaired) electrons. The van der Waals surface area contributed by atoms with E-state index >= 15 is 0 Å². The number of esters is 1. The number of methoxy groups -OCH3 is 1. The third kappa shape index (κ3) is 5.56.